The summed E-state index contributed by atoms with van der Waals surface area (Å²) in [5, 5.41) is 1.93. The minimum absolute atomic E-state index is 0.103. The number of fused-ring (bicyclic) bond motifs is 1. The fourth-order valence-corrected chi connectivity index (χ4v) is 2.80. The number of hydrogen-bond acceptors (Lipinski definition) is 4. The minimum atomic E-state index is -4.50. The highest BCUT2D eigenvalue weighted by atomic mass is 32.1. The SMILES string of the molecule is CN1C(=O)CN(C(=O)NC(N)=S)c2nc(-c3cccc(C(F)(F)F)c3)ccc21. The number of alkyl halides is 3. The van der Waals surface area contributed by atoms with E-state index in [1.807, 2.05) is 0 Å². The van der Waals surface area contributed by atoms with Crippen LogP contribution in [0.1, 0.15) is 5.56 Å². The summed E-state index contributed by atoms with van der Waals surface area (Å²) in [6.07, 6.45) is -4.50. The molecule has 1 aliphatic rings. The van der Waals surface area contributed by atoms with Crippen molar-refractivity contribution in [3.8, 4) is 11.3 Å². The number of rotatable bonds is 1. The van der Waals surface area contributed by atoms with E-state index < -0.39 is 17.8 Å². The van der Waals surface area contributed by atoms with Crippen LogP contribution < -0.4 is 20.9 Å². The monoisotopic (exact) mass is 409 g/mol. The molecule has 3 N–H and O–H groups in total. The number of benzene rings is 1. The Bertz CT molecular complexity index is 980. The molecule has 1 aliphatic heterocycles. The van der Waals surface area contributed by atoms with Gasteiger partial charge in [-0.05, 0) is 36.5 Å². The Morgan fingerprint density at radius 3 is 2.64 bits per heavy atom. The molecule has 2 heterocycles. The number of anilines is 2. The third-order valence-electron chi connectivity index (χ3n) is 4.10. The van der Waals surface area contributed by atoms with Crippen molar-refractivity contribution < 1.29 is 22.8 Å². The molecule has 0 fully saturated rings. The summed E-state index contributed by atoms with van der Waals surface area (Å²) in [5.41, 5.74) is 5.24. The molecule has 2 aromatic rings. The summed E-state index contributed by atoms with van der Waals surface area (Å²) in [6, 6.07) is 6.89. The molecule has 0 unspecified atom stereocenters. The van der Waals surface area contributed by atoms with Crippen LogP contribution in [0, 0.1) is 0 Å². The number of carbonyl (C=O) groups excluding carboxylic acids is 2. The van der Waals surface area contributed by atoms with Gasteiger partial charge in [-0.25, -0.2) is 9.78 Å². The molecule has 0 radical (unpaired) electrons. The highest BCUT2D eigenvalue weighted by Gasteiger charge is 2.33. The molecule has 1 aromatic carbocycles. The molecular weight excluding hydrogens is 395 g/mol. The number of amides is 3. The summed E-state index contributed by atoms with van der Waals surface area (Å²) in [5.74, 6) is -0.273. The van der Waals surface area contributed by atoms with Crippen molar-refractivity contribution in [1.29, 1.82) is 0 Å². The first kappa shape index (κ1) is 19.5. The molecule has 146 valence electrons. The lowest BCUT2D eigenvalue weighted by atomic mass is 10.1. The number of likely N-dealkylation sites (N-methyl/N-ethyl adjacent to an activating group) is 1. The molecule has 0 atom stereocenters. The van der Waals surface area contributed by atoms with Crippen LogP contribution in [-0.4, -0.2) is 35.6 Å². The number of aromatic nitrogens is 1. The van der Waals surface area contributed by atoms with Crippen LogP contribution in [0.25, 0.3) is 11.3 Å². The van der Waals surface area contributed by atoms with Gasteiger partial charge in [0.2, 0.25) is 5.91 Å². The topological polar surface area (TPSA) is 91.6 Å². The Labute approximate surface area is 162 Å². The Kier molecular flexibility index (Phi) is 4.94. The Morgan fingerprint density at radius 2 is 2.00 bits per heavy atom. The predicted octanol–water partition coefficient (Wildman–Crippen LogP) is 2.50. The van der Waals surface area contributed by atoms with Gasteiger partial charge in [0.25, 0.3) is 0 Å². The second-order valence-electron chi connectivity index (χ2n) is 5.95. The second kappa shape index (κ2) is 7.08. The summed E-state index contributed by atoms with van der Waals surface area (Å²) in [4.78, 5) is 31.2. The number of carbonyl (C=O) groups is 2. The van der Waals surface area contributed by atoms with Crippen molar-refractivity contribution in [2.24, 2.45) is 5.73 Å². The highest BCUT2D eigenvalue weighted by Crippen LogP contribution is 2.35. The zero-order chi connectivity index (χ0) is 20.6. The molecule has 0 aliphatic carbocycles. The van der Waals surface area contributed by atoms with Gasteiger partial charge in [0, 0.05) is 12.6 Å². The van der Waals surface area contributed by atoms with Crippen molar-refractivity contribution in [3.05, 3.63) is 42.0 Å². The van der Waals surface area contributed by atoms with E-state index in [4.69, 9.17) is 5.73 Å². The van der Waals surface area contributed by atoms with Crippen LogP contribution in [0.3, 0.4) is 0 Å². The average molecular weight is 409 g/mol. The molecule has 3 rings (SSSR count). The van der Waals surface area contributed by atoms with Gasteiger partial charge in [-0.15, -0.1) is 0 Å². The van der Waals surface area contributed by atoms with Gasteiger partial charge in [0.15, 0.2) is 10.9 Å². The van der Waals surface area contributed by atoms with Crippen molar-refractivity contribution in [2.75, 3.05) is 23.4 Å². The Balaban J connectivity index is 2.08. The van der Waals surface area contributed by atoms with Crippen molar-refractivity contribution in [2.45, 2.75) is 6.18 Å². The number of halogens is 3. The van der Waals surface area contributed by atoms with E-state index in [1.54, 1.807) is 0 Å². The van der Waals surface area contributed by atoms with Crippen LogP contribution in [0.5, 0.6) is 0 Å². The van der Waals surface area contributed by atoms with Gasteiger partial charge in [0.05, 0.1) is 16.9 Å². The second-order valence-corrected chi connectivity index (χ2v) is 6.39. The van der Waals surface area contributed by atoms with Gasteiger partial charge in [-0.2, -0.15) is 13.2 Å². The fraction of sp³-hybridized carbons (Fsp3) is 0.176. The van der Waals surface area contributed by atoms with E-state index >= 15 is 0 Å². The summed E-state index contributed by atoms with van der Waals surface area (Å²) in [7, 11) is 1.51. The van der Waals surface area contributed by atoms with Crippen LogP contribution in [0.2, 0.25) is 0 Å². The van der Waals surface area contributed by atoms with E-state index in [0.29, 0.717) is 5.69 Å². The predicted molar refractivity (Wildman–Crippen MR) is 101 cm³/mol. The molecule has 3 amide bonds. The van der Waals surface area contributed by atoms with E-state index in [-0.39, 0.29) is 34.6 Å². The summed E-state index contributed by atoms with van der Waals surface area (Å²) >= 11 is 4.64. The number of urea groups is 1. The maximum atomic E-state index is 13.0. The quantitative estimate of drug-likeness (QED) is 0.707. The van der Waals surface area contributed by atoms with Crippen LogP contribution in [0.15, 0.2) is 36.4 Å². The van der Waals surface area contributed by atoms with Crippen LogP contribution >= 0.6 is 12.2 Å². The molecule has 1 aromatic heterocycles. The lowest BCUT2D eigenvalue weighted by molar-refractivity contribution is -0.137. The van der Waals surface area contributed by atoms with E-state index in [1.165, 1.54) is 36.2 Å². The summed E-state index contributed by atoms with van der Waals surface area (Å²) in [6.45, 7) is -0.322. The first-order valence-corrected chi connectivity index (χ1v) is 8.32. The highest BCUT2D eigenvalue weighted by molar-refractivity contribution is 7.80. The van der Waals surface area contributed by atoms with E-state index in [9.17, 15) is 22.8 Å². The molecule has 0 spiro atoms. The standard InChI is InChI=1S/C17H14F3N5O2S/c1-24-12-6-5-11(9-3-2-4-10(7-9)17(18,19)20)22-14(12)25(8-13(24)26)16(27)23-15(21)28/h2-7H,8H2,1H3,(H3,21,23,27,28). The maximum Gasteiger partial charge on any atom is 0.416 e. The molecule has 0 bridgehead atoms. The molecule has 11 heteroatoms. The van der Waals surface area contributed by atoms with Crippen molar-refractivity contribution >= 4 is 40.8 Å². The first-order valence-electron chi connectivity index (χ1n) is 7.91. The lowest BCUT2D eigenvalue weighted by Gasteiger charge is -2.33. The first-order chi connectivity index (χ1) is 13.1. The number of nitrogens with zero attached hydrogens (tertiary/aromatic N) is 3. The smallest absolute Gasteiger partial charge is 0.376 e. The molecule has 7 nitrogen and oxygen atoms in total. The Morgan fingerprint density at radius 1 is 1.29 bits per heavy atom. The number of hydrogen-bond donors (Lipinski definition) is 2. The van der Waals surface area contributed by atoms with Crippen LogP contribution in [-0.2, 0) is 11.0 Å². The maximum absolute atomic E-state index is 13.0. The third kappa shape index (κ3) is 3.74. The number of thiocarbonyl (C=S) groups is 1. The van der Waals surface area contributed by atoms with Crippen LogP contribution in [0.4, 0.5) is 29.5 Å². The number of nitrogens with one attached hydrogen (secondary N) is 1. The lowest BCUT2D eigenvalue weighted by Crippen LogP contribution is -2.52. The van der Waals surface area contributed by atoms with Gasteiger partial charge < -0.3 is 10.6 Å². The molecule has 0 saturated heterocycles. The third-order valence-corrected chi connectivity index (χ3v) is 4.20. The van der Waals surface area contributed by atoms with Crippen molar-refractivity contribution in [1.82, 2.24) is 10.3 Å². The zero-order valence-electron chi connectivity index (χ0n) is 14.4. The fourth-order valence-electron chi connectivity index (χ4n) is 2.71. The summed E-state index contributed by atoms with van der Waals surface area (Å²) < 4.78 is 39.0. The number of pyridine rings is 1. The normalized spacial score (nSPS) is 13.9. The molecule has 28 heavy (non-hydrogen) atoms. The van der Waals surface area contributed by atoms with E-state index in [2.05, 4.69) is 22.5 Å². The largest absolute Gasteiger partial charge is 0.416 e. The van der Waals surface area contributed by atoms with E-state index in [0.717, 1.165) is 17.0 Å². The number of nitrogens with two attached hydrogens (primary N) is 1. The zero-order valence-corrected chi connectivity index (χ0v) is 15.3. The molecular formula is C17H14F3N5O2S. The van der Waals surface area contributed by atoms with Crippen molar-refractivity contribution in [3.63, 3.8) is 0 Å². The molecule has 0 saturated carbocycles. The van der Waals surface area contributed by atoms with Gasteiger partial charge in [-0.3, -0.25) is 15.0 Å². The Hall–Kier alpha value is -3.21. The average Bonchev–Trinajstić information content (AvgIpc) is 2.63. The van der Waals surface area contributed by atoms with Gasteiger partial charge in [-0.1, -0.05) is 12.1 Å². The minimum Gasteiger partial charge on any atom is -0.376 e. The van der Waals surface area contributed by atoms with Gasteiger partial charge >= 0.3 is 12.2 Å². The van der Waals surface area contributed by atoms with Gasteiger partial charge in [0.1, 0.15) is 6.54 Å².